The molecule has 29 heavy (non-hydrogen) atoms. The van der Waals surface area contributed by atoms with E-state index in [4.69, 9.17) is 4.74 Å². The summed E-state index contributed by atoms with van der Waals surface area (Å²) < 4.78 is 31.7. The molecule has 0 aliphatic rings. The van der Waals surface area contributed by atoms with Crippen molar-refractivity contribution >= 4 is 5.91 Å². The lowest BCUT2D eigenvalue weighted by Gasteiger charge is -2.17. The van der Waals surface area contributed by atoms with E-state index in [0.29, 0.717) is 31.7 Å². The average molecular weight is 396 g/mol. The molecule has 0 fully saturated rings. The molecule has 150 valence electrons. The molecule has 3 rings (SSSR count). The number of nitrogens with zero attached hydrogens (tertiary/aromatic N) is 1. The standard InChI is InChI=1S/C23H22F2N2O2/c24-19-6-4-18(5-7-19)22(15-17-3-1-12-26-16-17)23(28)27-13-2-14-29-21-10-8-20(25)9-11-21/h1,3-12,16,22H,2,13-15H2,(H,27,28). The van der Waals surface area contributed by atoms with Gasteiger partial charge in [-0.2, -0.15) is 0 Å². The van der Waals surface area contributed by atoms with Crippen LogP contribution in [0.3, 0.4) is 0 Å². The van der Waals surface area contributed by atoms with E-state index in [2.05, 4.69) is 10.3 Å². The molecular weight excluding hydrogens is 374 g/mol. The van der Waals surface area contributed by atoms with Gasteiger partial charge in [0.2, 0.25) is 5.91 Å². The van der Waals surface area contributed by atoms with Crippen molar-refractivity contribution in [1.29, 1.82) is 0 Å². The van der Waals surface area contributed by atoms with Crippen molar-refractivity contribution in [2.24, 2.45) is 0 Å². The van der Waals surface area contributed by atoms with Crippen LogP contribution in [0.15, 0.2) is 73.1 Å². The molecule has 0 radical (unpaired) electrons. The first-order valence-electron chi connectivity index (χ1n) is 9.42. The number of rotatable bonds is 9. The van der Waals surface area contributed by atoms with Crippen molar-refractivity contribution in [1.82, 2.24) is 10.3 Å². The average Bonchev–Trinajstić information content (AvgIpc) is 2.74. The first kappa shape index (κ1) is 20.5. The maximum atomic E-state index is 13.3. The van der Waals surface area contributed by atoms with Gasteiger partial charge in [0.25, 0.3) is 0 Å². The van der Waals surface area contributed by atoms with Crippen molar-refractivity contribution in [3.63, 3.8) is 0 Å². The van der Waals surface area contributed by atoms with Gasteiger partial charge >= 0.3 is 0 Å². The van der Waals surface area contributed by atoms with Crippen LogP contribution in [-0.2, 0) is 11.2 Å². The lowest BCUT2D eigenvalue weighted by molar-refractivity contribution is -0.122. The van der Waals surface area contributed by atoms with Crippen LogP contribution >= 0.6 is 0 Å². The highest BCUT2D eigenvalue weighted by Gasteiger charge is 2.21. The Labute approximate surface area is 168 Å². The molecule has 6 heteroatoms. The van der Waals surface area contributed by atoms with Gasteiger partial charge in [0.1, 0.15) is 17.4 Å². The smallest absolute Gasteiger partial charge is 0.227 e. The van der Waals surface area contributed by atoms with Gasteiger partial charge in [0.05, 0.1) is 12.5 Å². The zero-order chi connectivity index (χ0) is 20.5. The number of nitrogens with one attached hydrogen (secondary N) is 1. The Morgan fingerprint density at radius 2 is 1.69 bits per heavy atom. The Hall–Kier alpha value is -3.28. The highest BCUT2D eigenvalue weighted by molar-refractivity contribution is 5.84. The van der Waals surface area contributed by atoms with Crippen molar-refractivity contribution in [2.75, 3.05) is 13.2 Å². The van der Waals surface area contributed by atoms with Crippen LogP contribution in [0.1, 0.15) is 23.5 Å². The van der Waals surface area contributed by atoms with E-state index in [1.165, 1.54) is 24.3 Å². The summed E-state index contributed by atoms with van der Waals surface area (Å²) in [5, 5.41) is 2.92. The van der Waals surface area contributed by atoms with Crippen LogP contribution in [0.2, 0.25) is 0 Å². The Morgan fingerprint density at radius 1 is 1.00 bits per heavy atom. The summed E-state index contributed by atoms with van der Waals surface area (Å²) in [4.78, 5) is 16.9. The van der Waals surface area contributed by atoms with Gasteiger partial charge in [-0.05, 0) is 66.4 Å². The van der Waals surface area contributed by atoms with E-state index in [0.717, 1.165) is 11.1 Å². The lowest BCUT2D eigenvalue weighted by atomic mass is 9.91. The molecule has 4 nitrogen and oxygen atoms in total. The number of carbonyl (C=O) groups excluding carboxylic acids is 1. The lowest BCUT2D eigenvalue weighted by Crippen LogP contribution is -2.32. The fraction of sp³-hybridized carbons (Fsp3) is 0.217. The Kier molecular flexibility index (Phi) is 7.28. The number of pyridine rings is 1. The van der Waals surface area contributed by atoms with Gasteiger partial charge in [-0.25, -0.2) is 8.78 Å². The molecule has 1 unspecified atom stereocenters. The molecule has 0 aliphatic carbocycles. The second-order valence-electron chi connectivity index (χ2n) is 6.62. The molecule has 3 aromatic rings. The maximum absolute atomic E-state index is 13.3. The fourth-order valence-electron chi connectivity index (χ4n) is 2.94. The molecule has 1 aromatic heterocycles. The number of benzene rings is 2. The topological polar surface area (TPSA) is 51.2 Å². The van der Waals surface area contributed by atoms with E-state index >= 15 is 0 Å². The Bertz CT molecular complexity index is 900. The number of carbonyl (C=O) groups is 1. The van der Waals surface area contributed by atoms with E-state index in [1.54, 1.807) is 36.7 Å². The monoisotopic (exact) mass is 396 g/mol. The van der Waals surface area contributed by atoms with Crippen LogP contribution in [0.25, 0.3) is 0 Å². The highest BCUT2D eigenvalue weighted by Crippen LogP contribution is 2.21. The van der Waals surface area contributed by atoms with Crippen LogP contribution in [-0.4, -0.2) is 24.0 Å². The molecule has 1 atom stereocenters. The summed E-state index contributed by atoms with van der Waals surface area (Å²) in [6.07, 6.45) is 4.47. The minimum absolute atomic E-state index is 0.137. The third-order valence-electron chi connectivity index (χ3n) is 4.45. The van der Waals surface area contributed by atoms with Crippen LogP contribution < -0.4 is 10.1 Å². The van der Waals surface area contributed by atoms with Gasteiger partial charge in [0, 0.05) is 18.9 Å². The molecule has 2 aromatic carbocycles. The van der Waals surface area contributed by atoms with E-state index in [9.17, 15) is 13.6 Å². The summed E-state index contributed by atoms with van der Waals surface area (Å²) in [6.45, 7) is 0.834. The number of amides is 1. The molecule has 0 aliphatic heterocycles. The van der Waals surface area contributed by atoms with E-state index in [-0.39, 0.29) is 17.5 Å². The zero-order valence-corrected chi connectivity index (χ0v) is 15.9. The summed E-state index contributed by atoms with van der Waals surface area (Å²) in [5.41, 5.74) is 1.67. The van der Waals surface area contributed by atoms with Gasteiger partial charge in [-0.3, -0.25) is 9.78 Å². The molecule has 0 spiro atoms. The largest absolute Gasteiger partial charge is 0.494 e. The number of halogens is 2. The van der Waals surface area contributed by atoms with Gasteiger partial charge < -0.3 is 10.1 Å². The second-order valence-corrected chi connectivity index (χ2v) is 6.62. The minimum atomic E-state index is -0.446. The van der Waals surface area contributed by atoms with Gasteiger partial charge in [0.15, 0.2) is 0 Å². The summed E-state index contributed by atoms with van der Waals surface area (Å²) in [6, 6.07) is 15.5. The second kappa shape index (κ2) is 10.3. The first-order valence-corrected chi connectivity index (χ1v) is 9.42. The molecule has 1 heterocycles. The minimum Gasteiger partial charge on any atom is -0.494 e. The summed E-state index contributed by atoms with van der Waals surface area (Å²) in [5.74, 6) is -0.657. The number of ether oxygens (including phenoxy) is 1. The third-order valence-corrected chi connectivity index (χ3v) is 4.45. The predicted molar refractivity (Wildman–Crippen MR) is 107 cm³/mol. The first-order chi connectivity index (χ1) is 14.1. The van der Waals surface area contributed by atoms with Crippen LogP contribution in [0.5, 0.6) is 5.75 Å². The van der Waals surface area contributed by atoms with E-state index < -0.39 is 5.92 Å². The quantitative estimate of drug-likeness (QED) is 0.550. The molecule has 0 saturated heterocycles. The molecule has 0 saturated carbocycles. The molecular formula is C23H22F2N2O2. The number of hydrogen-bond acceptors (Lipinski definition) is 3. The number of aromatic nitrogens is 1. The molecule has 1 amide bonds. The summed E-state index contributed by atoms with van der Waals surface area (Å²) in [7, 11) is 0. The van der Waals surface area contributed by atoms with Crippen molar-refractivity contribution in [3.8, 4) is 5.75 Å². The van der Waals surface area contributed by atoms with Crippen molar-refractivity contribution in [3.05, 3.63) is 95.8 Å². The fourth-order valence-corrected chi connectivity index (χ4v) is 2.94. The van der Waals surface area contributed by atoms with Crippen molar-refractivity contribution in [2.45, 2.75) is 18.8 Å². The highest BCUT2D eigenvalue weighted by atomic mass is 19.1. The van der Waals surface area contributed by atoms with E-state index in [1.807, 2.05) is 12.1 Å². The zero-order valence-electron chi connectivity index (χ0n) is 15.9. The van der Waals surface area contributed by atoms with Crippen LogP contribution in [0.4, 0.5) is 8.78 Å². The summed E-state index contributed by atoms with van der Waals surface area (Å²) >= 11 is 0. The van der Waals surface area contributed by atoms with Gasteiger partial charge in [-0.15, -0.1) is 0 Å². The molecule has 1 N–H and O–H groups in total. The Morgan fingerprint density at radius 3 is 2.34 bits per heavy atom. The third kappa shape index (κ3) is 6.38. The predicted octanol–water partition coefficient (Wildman–Crippen LogP) is 4.27. The van der Waals surface area contributed by atoms with Crippen molar-refractivity contribution < 1.29 is 18.3 Å². The SMILES string of the molecule is O=C(NCCCOc1ccc(F)cc1)C(Cc1cccnc1)c1ccc(F)cc1. The normalized spacial score (nSPS) is 11.7. The Balaban J connectivity index is 1.54. The maximum Gasteiger partial charge on any atom is 0.227 e. The number of hydrogen-bond donors (Lipinski definition) is 1. The molecule has 0 bridgehead atoms. The van der Waals surface area contributed by atoms with Gasteiger partial charge in [-0.1, -0.05) is 18.2 Å². The van der Waals surface area contributed by atoms with Crippen LogP contribution in [0, 0.1) is 11.6 Å².